The number of hydrogen-bond acceptors (Lipinski definition) is 4. The molecule has 2 unspecified atom stereocenters. The van der Waals surface area contributed by atoms with Crippen LogP contribution in [-0.4, -0.2) is 53.5 Å². The predicted molar refractivity (Wildman–Crippen MR) is 82.2 cm³/mol. The molecule has 0 spiro atoms. The zero-order chi connectivity index (χ0) is 16.3. The number of hydrogen-bond donors (Lipinski definition) is 3. The molecular weight excluding hydrogens is 284 g/mol. The van der Waals surface area contributed by atoms with Crippen LogP contribution in [0.1, 0.15) is 46.5 Å². The van der Waals surface area contributed by atoms with Crippen LogP contribution >= 0.6 is 0 Å². The molecule has 7 nitrogen and oxygen atoms in total. The van der Waals surface area contributed by atoms with Crippen molar-refractivity contribution in [3.05, 3.63) is 0 Å². The molecule has 0 aliphatic carbocycles. The lowest BCUT2D eigenvalue weighted by atomic mass is 9.93. The van der Waals surface area contributed by atoms with Crippen molar-refractivity contribution in [2.45, 2.75) is 64.1 Å². The van der Waals surface area contributed by atoms with Crippen molar-refractivity contribution >= 4 is 17.8 Å². The second kappa shape index (κ2) is 6.64. The van der Waals surface area contributed by atoms with E-state index in [0.717, 1.165) is 24.3 Å². The second-order valence-corrected chi connectivity index (χ2v) is 6.17. The van der Waals surface area contributed by atoms with E-state index in [1.165, 1.54) is 0 Å². The molecule has 2 rings (SSSR count). The Morgan fingerprint density at radius 3 is 2.59 bits per heavy atom. The Labute approximate surface area is 131 Å². The Morgan fingerprint density at radius 1 is 1.36 bits per heavy atom. The van der Waals surface area contributed by atoms with Crippen molar-refractivity contribution < 1.29 is 14.4 Å². The fourth-order valence-electron chi connectivity index (χ4n) is 3.19. The molecule has 0 aromatic heterocycles. The molecule has 2 aliphatic heterocycles. The predicted octanol–water partition coefficient (Wildman–Crippen LogP) is 0.354. The summed E-state index contributed by atoms with van der Waals surface area (Å²) >= 11 is 0. The summed E-state index contributed by atoms with van der Waals surface area (Å²) < 4.78 is 0. The highest BCUT2D eigenvalue weighted by molar-refractivity contribution is 6.08. The fraction of sp³-hybridized carbons (Fsp3) is 0.800. The van der Waals surface area contributed by atoms with Crippen LogP contribution in [0, 0.1) is 0 Å². The number of nitrogens with zero attached hydrogens (tertiary/aromatic N) is 1. The molecule has 4 amide bonds. The van der Waals surface area contributed by atoms with E-state index in [1.807, 2.05) is 20.8 Å². The summed E-state index contributed by atoms with van der Waals surface area (Å²) in [5.41, 5.74) is -0.850. The van der Waals surface area contributed by atoms with Crippen molar-refractivity contribution in [2.24, 2.45) is 0 Å². The maximum Gasteiger partial charge on any atom is 0.325 e. The van der Waals surface area contributed by atoms with E-state index in [0.29, 0.717) is 12.8 Å². The molecule has 3 N–H and O–H groups in total. The summed E-state index contributed by atoms with van der Waals surface area (Å²) in [6, 6.07) is -0.228. The number of nitrogens with one attached hydrogen (secondary N) is 3. The van der Waals surface area contributed by atoms with Crippen LogP contribution in [0.3, 0.4) is 0 Å². The minimum Gasteiger partial charge on any atom is -0.350 e. The third-order valence-corrected chi connectivity index (χ3v) is 4.86. The van der Waals surface area contributed by atoms with E-state index < -0.39 is 11.6 Å². The third kappa shape index (κ3) is 3.09. The first kappa shape index (κ1) is 16.7. The number of piperidine rings is 1. The molecule has 2 aliphatic rings. The van der Waals surface area contributed by atoms with Gasteiger partial charge in [0.15, 0.2) is 0 Å². The van der Waals surface area contributed by atoms with Gasteiger partial charge in [0.25, 0.3) is 5.91 Å². The number of rotatable bonds is 5. The van der Waals surface area contributed by atoms with E-state index >= 15 is 0 Å². The average Bonchev–Trinajstić information content (AvgIpc) is 2.74. The SMILES string of the molecule is CCC1(CC)NC(=O)N(CC(=O)NC2CCCNC2C)C1=O. The molecule has 0 bridgehead atoms. The van der Waals surface area contributed by atoms with Crippen LogP contribution < -0.4 is 16.0 Å². The normalized spacial score (nSPS) is 27.7. The van der Waals surface area contributed by atoms with Crippen molar-refractivity contribution in [3.8, 4) is 0 Å². The summed E-state index contributed by atoms with van der Waals surface area (Å²) in [5.74, 6) is -0.584. The highest BCUT2D eigenvalue weighted by Crippen LogP contribution is 2.24. The van der Waals surface area contributed by atoms with Gasteiger partial charge in [0.05, 0.1) is 0 Å². The Balaban J connectivity index is 1.96. The molecule has 0 aromatic rings. The summed E-state index contributed by atoms with van der Waals surface area (Å²) in [4.78, 5) is 37.7. The summed E-state index contributed by atoms with van der Waals surface area (Å²) in [6.45, 7) is 6.49. The monoisotopic (exact) mass is 310 g/mol. The Kier molecular flexibility index (Phi) is 5.05. The van der Waals surface area contributed by atoms with Crippen molar-refractivity contribution in [1.82, 2.24) is 20.9 Å². The summed E-state index contributed by atoms with van der Waals surface area (Å²) in [7, 11) is 0. The molecule has 2 fully saturated rings. The van der Waals surface area contributed by atoms with Crippen molar-refractivity contribution in [2.75, 3.05) is 13.1 Å². The molecule has 2 heterocycles. The first-order chi connectivity index (χ1) is 10.4. The van der Waals surface area contributed by atoms with Gasteiger partial charge in [-0.25, -0.2) is 4.79 Å². The maximum absolute atomic E-state index is 12.4. The molecule has 0 saturated carbocycles. The zero-order valence-corrected chi connectivity index (χ0v) is 13.6. The van der Waals surface area contributed by atoms with Crippen LogP contribution in [0.2, 0.25) is 0 Å². The number of urea groups is 1. The van der Waals surface area contributed by atoms with E-state index in [2.05, 4.69) is 16.0 Å². The van der Waals surface area contributed by atoms with Gasteiger partial charge in [-0.3, -0.25) is 14.5 Å². The number of carbonyl (C=O) groups is 3. The van der Waals surface area contributed by atoms with E-state index in [9.17, 15) is 14.4 Å². The largest absolute Gasteiger partial charge is 0.350 e. The van der Waals surface area contributed by atoms with Crippen LogP contribution in [0.4, 0.5) is 4.79 Å². The smallest absolute Gasteiger partial charge is 0.325 e. The first-order valence-electron chi connectivity index (χ1n) is 8.10. The highest BCUT2D eigenvalue weighted by atomic mass is 16.2. The molecule has 124 valence electrons. The topological polar surface area (TPSA) is 90.5 Å². The van der Waals surface area contributed by atoms with Gasteiger partial charge in [0.1, 0.15) is 12.1 Å². The summed E-state index contributed by atoms with van der Waals surface area (Å²) in [5, 5.41) is 8.96. The zero-order valence-electron chi connectivity index (χ0n) is 13.6. The lowest BCUT2D eigenvalue weighted by Crippen LogP contribution is -2.54. The lowest BCUT2D eigenvalue weighted by Gasteiger charge is -2.31. The third-order valence-electron chi connectivity index (χ3n) is 4.86. The van der Waals surface area contributed by atoms with E-state index in [4.69, 9.17) is 0 Å². The molecule has 0 aromatic carbocycles. The quantitative estimate of drug-likeness (QED) is 0.639. The van der Waals surface area contributed by atoms with Crippen LogP contribution in [0.15, 0.2) is 0 Å². The highest BCUT2D eigenvalue weighted by Gasteiger charge is 2.49. The molecule has 0 radical (unpaired) electrons. The van der Waals surface area contributed by atoms with Crippen LogP contribution in [0.5, 0.6) is 0 Å². The van der Waals surface area contributed by atoms with Gasteiger partial charge in [0.2, 0.25) is 5.91 Å². The molecule has 2 saturated heterocycles. The number of carbonyl (C=O) groups excluding carboxylic acids is 3. The van der Waals surface area contributed by atoms with Crippen LogP contribution in [0.25, 0.3) is 0 Å². The molecular formula is C15H26N4O3. The van der Waals surface area contributed by atoms with Gasteiger partial charge in [-0.1, -0.05) is 13.8 Å². The Morgan fingerprint density at radius 2 is 2.05 bits per heavy atom. The van der Waals surface area contributed by atoms with Gasteiger partial charge in [0, 0.05) is 12.1 Å². The Hall–Kier alpha value is -1.63. The van der Waals surface area contributed by atoms with Crippen LogP contribution in [-0.2, 0) is 9.59 Å². The molecule has 22 heavy (non-hydrogen) atoms. The van der Waals surface area contributed by atoms with Gasteiger partial charge >= 0.3 is 6.03 Å². The standard InChI is InChI=1S/C15H26N4O3/c1-4-15(5-2)13(21)19(14(22)18-15)9-12(20)17-11-7-6-8-16-10(11)3/h10-11,16H,4-9H2,1-3H3,(H,17,20)(H,18,22). The minimum absolute atomic E-state index is 0.0455. The molecule has 2 atom stereocenters. The van der Waals surface area contributed by atoms with Crippen molar-refractivity contribution in [1.29, 1.82) is 0 Å². The number of imide groups is 1. The second-order valence-electron chi connectivity index (χ2n) is 6.17. The van der Waals surface area contributed by atoms with E-state index in [-0.39, 0.29) is 30.4 Å². The van der Waals surface area contributed by atoms with Gasteiger partial charge < -0.3 is 16.0 Å². The fourth-order valence-corrected chi connectivity index (χ4v) is 3.19. The maximum atomic E-state index is 12.4. The summed E-state index contributed by atoms with van der Waals surface area (Å²) in [6.07, 6.45) is 2.96. The minimum atomic E-state index is -0.850. The molecule has 7 heteroatoms. The van der Waals surface area contributed by atoms with Gasteiger partial charge in [-0.05, 0) is 39.2 Å². The van der Waals surface area contributed by atoms with Gasteiger partial charge in [-0.2, -0.15) is 0 Å². The Bertz CT molecular complexity index is 462. The number of amides is 4. The lowest BCUT2D eigenvalue weighted by molar-refractivity contribution is -0.135. The van der Waals surface area contributed by atoms with Gasteiger partial charge in [-0.15, -0.1) is 0 Å². The first-order valence-corrected chi connectivity index (χ1v) is 8.10. The van der Waals surface area contributed by atoms with Crippen molar-refractivity contribution in [3.63, 3.8) is 0 Å². The average molecular weight is 310 g/mol. The van der Waals surface area contributed by atoms with E-state index in [1.54, 1.807) is 0 Å².